The van der Waals surface area contributed by atoms with Crippen LogP contribution in [-0.4, -0.2) is 49.3 Å². The minimum absolute atomic E-state index is 0.541. The number of fused-ring (bicyclic) bond motifs is 2. The Morgan fingerprint density at radius 1 is 1.04 bits per heavy atom. The molecule has 2 aromatic rings. The summed E-state index contributed by atoms with van der Waals surface area (Å²) in [4.78, 5) is 7.56. The molecule has 0 radical (unpaired) electrons. The van der Waals surface area contributed by atoms with Crippen LogP contribution in [0.5, 0.6) is 11.5 Å². The molecule has 1 saturated carbocycles. The molecule has 0 atom stereocenters. The molecule has 2 heterocycles. The molecule has 1 aliphatic heterocycles. The third-order valence-corrected chi connectivity index (χ3v) is 6.37. The van der Waals surface area contributed by atoms with Crippen LogP contribution in [-0.2, 0) is 12.8 Å². The molecule has 1 aromatic heterocycles. The van der Waals surface area contributed by atoms with E-state index in [2.05, 4.69) is 16.3 Å². The van der Waals surface area contributed by atoms with Gasteiger partial charge in [-0.15, -0.1) is 0 Å². The number of hydrogen-bond donors (Lipinski definition) is 1. The number of hydrogen-bond acceptors (Lipinski definition) is 5. The Bertz CT molecular complexity index is 841. The number of aryl methyl sites for hydroxylation is 1. The van der Waals surface area contributed by atoms with Crippen molar-refractivity contribution in [3.8, 4) is 11.5 Å². The maximum absolute atomic E-state index is 5.55. The third-order valence-electron chi connectivity index (χ3n) is 6.37. The van der Waals surface area contributed by atoms with Gasteiger partial charge in [0.1, 0.15) is 0 Å². The second kappa shape index (κ2) is 6.31. The largest absolute Gasteiger partial charge is 0.493 e. The molecule has 0 bridgehead atoms. The highest BCUT2D eigenvalue weighted by molar-refractivity contribution is 5.96. The van der Waals surface area contributed by atoms with Gasteiger partial charge in [0, 0.05) is 42.0 Å². The summed E-state index contributed by atoms with van der Waals surface area (Å²) in [5, 5.41) is 5.02. The first-order valence-electron chi connectivity index (χ1n) is 9.85. The first kappa shape index (κ1) is 16.2. The van der Waals surface area contributed by atoms with Gasteiger partial charge in [0.15, 0.2) is 11.5 Å². The lowest BCUT2D eigenvalue weighted by molar-refractivity contribution is 0.0566. The molecular formula is C21H27N3O2. The molecule has 1 saturated heterocycles. The van der Waals surface area contributed by atoms with E-state index in [9.17, 15) is 0 Å². The SMILES string of the molecule is COc1cc2nc3c(c(NC4CN(C5CCC5)C4)c2cc1OC)CCC3. The Balaban J connectivity index is 1.50. The number of ether oxygens (including phenoxy) is 2. The fraction of sp³-hybridized carbons (Fsp3) is 0.571. The van der Waals surface area contributed by atoms with E-state index in [0.29, 0.717) is 6.04 Å². The summed E-state index contributed by atoms with van der Waals surface area (Å²) >= 11 is 0. The molecule has 0 amide bonds. The molecule has 1 aromatic carbocycles. The number of likely N-dealkylation sites (tertiary alicyclic amines) is 1. The number of benzene rings is 1. The predicted molar refractivity (Wildman–Crippen MR) is 103 cm³/mol. The van der Waals surface area contributed by atoms with E-state index in [4.69, 9.17) is 14.5 Å². The van der Waals surface area contributed by atoms with Crippen LogP contribution in [0.2, 0.25) is 0 Å². The van der Waals surface area contributed by atoms with E-state index in [-0.39, 0.29) is 0 Å². The standard InChI is InChI=1S/C21H27N3O2/c1-25-19-9-16-18(10-20(19)26-2)23-17-8-4-7-15(17)21(16)22-13-11-24(12-13)14-5-3-6-14/h9-10,13-14H,3-8,11-12H2,1-2H3,(H,22,23). The van der Waals surface area contributed by atoms with Gasteiger partial charge in [-0.25, -0.2) is 0 Å². The summed E-state index contributed by atoms with van der Waals surface area (Å²) in [6, 6.07) is 5.49. The summed E-state index contributed by atoms with van der Waals surface area (Å²) in [6.07, 6.45) is 7.57. The fourth-order valence-electron chi connectivity index (χ4n) is 4.61. The minimum atomic E-state index is 0.541. The topological polar surface area (TPSA) is 46.6 Å². The number of rotatable bonds is 5. The quantitative estimate of drug-likeness (QED) is 0.893. The zero-order valence-electron chi connectivity index (χ0n) is 15.7. The second-order valence-electron chi connectivity index (χ2n) is 7.87. The van der Waals surface area contributed by atoms with Gasteiger partial charge in [-0.1, -0.05) is 6.42 Å². The summed E-state index contributed by atoms with van der Waals surface area (Å²) in [5.74, 6) is 1.52. The van der Waals surface area contributed by atoms with Gasteiger partial charge in [-0.2, -0.15) is 0 Å². The lowest BCUT2D eigenvalue weighted by Gasteiger charge is -2.48. The van der Waals surface area contributed by atoms with E-state index in [0.717, 1.165) is 54.4 Å². The van der Waals surface area contributed by atoms with Crippen LogP contribution in [0.1, 0.15) is 36.9 Å². The number of aromatic nitrogens is 1. The average Bonchev–Trinajstić information content (AvgIpc) is 3.04. The summed E-state index contributed by atoms with van der Waals surface area (Å²) in [7, 11) is 3.37. The minimum Gasteiger partial charge on any atom is -0.493 e. The van der Waals surface area contributed by atoms with Gasteiger partial charge >= 0.3 is 0 Å². The number of nitrogens with one attached hydrogen (secondary N) is 1. The van der Waals surface area contributed by atoms with Gasteiger partial charge in [0.2, 0.25) is 0 Å². The summed E-state index contributed by atoms with van der Waals surface area (Å²) < 4.78 is 11.0. The van der Waals surface area contributed by atoms with Crippen LogP contribution in [0.15, 0.2) is 12.1 Å². The molecule has 0 unspecified atom stereocenters. The van der Waals surface area contributed by atoms with Crippen molar-refractivity contribution >= 4 is 16.6 Å². The highest BCUT2D eigenvalue weighted by Gasteiger charge is 2.35. The van der Waals surface area contributed by atoms with E-state index in [1.807, 2.05) is 6.07 Å². The molecule has 0 spiro atoms. The number of nitrogens with zero attached hydrogens (tertiary/aromatic N) is 2. The van der Waals surface area contributed by atoms with Crippen molar-refractivity contribution < 1.29 is 9.47 Å². The highest BCUT2D eigenvalue weighted by Crippen LogP contribution is 2.40. The van der Waals surface area contributed by atoms with Crippen molar-refractivity contribution in [2.24, 2.45) is 0 Å². The van der Waals surface area contributed by atoms with E-state index >= 15 is 0 Å². The van der Waals surface area contributed by atoms with Crippen molar-refractivity contribution in [1.82, 2.24) is 9.88 Å². The zero-order valence-corrected chi connectivity index (χ0v) is 15.7. The lowest BCUT2D eigenvalue weighted by Crippen LogP contribution is -2.60. The van der Waals surface area contributed by atoms with Crippen LogP contribution in [0.3, 0.4) is 0 Å². The van der Waals surface area contributed by atoms with Gasteiger partial charge in [0.25, 0.3) is 0 Å². The van der Waals surface area contributed by atoms with Crippen molar-refractivity contribution in [1.29, 1.82) is 0 Å². The summed E-state index contributed by atoms with van der Waals surface area (Å²) in [5.41, 5.74) is 4.94. The Hall–Kier alpha value is -2.01. The third kappa shape index (κ3) is 2.52. The van der Waals surface area contributed by atoms with Crippen LogP contribution >= 0.6 is 0 Å². The monoisotopic (exact) mass is 353 g/mol. The molecule has 5 rings (SSSR count). The molecule has 5 heteroatoms. The normalized spacial score (nSPS) is 20.5. The lowest BCUT2D eigenvalue weighted by atomic mass is 9.88. The maximum Gasteiger partial charge on any atom is 0.162 e. The van der Waals surface area contributed by atoms with Gasteiger partial charge in [-0.3, -0.25) is 9.88 Å². The van der Waals surface area contributed by atoms with Crippen LogP contribution in [0, 0.1) is 0 Å². The molecular weight excluding hydrogens is 326 g/mol. The van der Waals surface area contributed by atoms with Crippen LogP contribution in [0.4, 0.5) is 5.69 Å². The molecule has 2 aliphatic carbocycles. The van der Waals surface area contributed by atoms with E-state index < -0.39 is 0 Å². The predicted octanol–water partition coefficient (Wildman–Crippen LogP) is 3.39. The molecule has 26 heavy (non-hydrogen) atoms. The fourth-order valence-corrected chi connectivity index (χ4v) is 4.61. The average molecular weight is 353 g/mol. The molecule has 3 aliphatic rings. The smallest absolute Gasteiger partial charge is 0.162 e. The van der Waals surface area contributed by atoms with Crippen molar-refractivity contribution in [3.63, 3.8) is 0 Å². The van der Waals surface area contributed by atoms with E-state index in [1.54, 1.807) is 14.2 Å². The second-order valence-corrected chi connectivity index (χ2v) is 7.87. The molecule has 1 N–H and O–H groups in total. The van der Waals surface area contributed by atoms with E-state index in [1.165, 1.54) is 42.6 Å². The van der Waals surface area contributed by atoms with Gasteiger partial charge < -0.3 is 14.8 Å². The highest BCUT2D eigenvalue weighted by atomic mass is 16.5. The molecule has 138 valence electrons. The Labute approximate surface area is 154 Å². The van der Waals surface area contributed by atoms with Crippen LogP contribution in [0.25, 0.3) is 10.9 Å². The van der Waals surface area contributed by atoms with Crippen LogP contribution < -0.4 is 14.8 Å². The summed E-state index contributed by atoms with van der Waals surface area (Å²) in [6.45, 7) is 2.33. The Morgan fingerprint density at radius 3 is 2.50 bits per heavy atom. The number of methoxy groups -OCH3 is 2. The first-order chi connectivity index (χ1) is 12.8. The number of pyridine rings is 1. The van der Waals surface area contributed by atoms with Crippen molar-refractivity contribution in [2.75, 3.05) is 32.6 Å². The molecule has 5 nitrogen and oxygen atoms in total. The first-order valence-corrected chi connectivity index (χ1v) is 9.85. The van der Waals surface area contributed by atoms with Crippen molar-refractivity contribution in [3.05, 3.63) is 23.4 Å². The van der Waals surface area contributed by atoms with Crippen molar-refractivity contribution in [2.45, 2.75) is 50.6 Å². The Kier molecular flexibility index (Phi) is 3.92. The maximum atomic E-state index is 5.55. The Morgan fingerprint density at radius 2 is 1.81 bits per heavy atom. The van der Waals surface area contributed by atoms with Gasteiger partial charge in [0.05, 0.1) is 25.8 Å². The van der Waals surface area contributed by atoms with Gasteiger partial charge in [-0.05, 0) is 43.7 Å². The number of anilines is 1. The zero-order chi connectivity index (χ0) is 17.7. The molecule has 2 fully saturated rings.